The van der Waals surface area contributed by atoms with Crippen molar-refractivity contribution in [2.24, 2.45) is 0 Å². The van der Waals surface area contributed by atoms with Gasteiger partial charge in [0.1, 0.15) is 0 Å². The summed E-state index contributed by atoms with van der Waals surface area (Å²) in [5.74, 6) is -5.33. The maximum atomic E-state index is 13.5. The summed E-state index contributed by atoms with van der Waals surface area (Å²) in [7, 11) is 0. The van der Waals surface area contributed by atoms with E-state index >= 15 is 0 Å². The van der Waals surface area contributed by atoms with Crippen molar-refractivity contribution < 1.29 is 18.0 Å². The Kier molecular flexibility index (Phi) is 4.61. The maximum absolute atomic E-state index is 13.5. The first-order valence-corrected chi connectivity index (χ1v) is 7.53. The number of aromatic nitrogens is 2. The fourth-order valence-corrected chi connectivity index (χ4v) is 2.45. The topological polar surface area (TPSA) is 84.0 Å². The second-order valence-corrected chi connectivity index (χ2v) is 5.46. The Morgan fingerprint density at radius 3 is 2.42 bits per heavy atom. The number of carbonyl (C=O) groups is 1. The fourth-order valence-electron chi connectivity index (χ4n) is 2.45. The molecule has 0 fully saturated rings. The van der Waals surface area contributed by atoms with E-state index < -0.39 is 40.2 Å². The number of aromatic amines is 1. The van der Waals surface area contributed by atoms with Crippen LogP contribution in [0.5, 0.6) is 0 Å². The first-order chi connectivity index (χ1) is 12.4. The Balaban J connectivity index is 1.77. The molecule has 1 aromatic heterocycles. The minimum atomic E-state index is -1.70. The average molecular weight is 363 g/mol. The lowest BCUT2D eigenvalue weighted by Crippen LogP contribution is -2.31. The number of nitrogens with zero attached hydrogens (tertiary/aromatic N) is 1. The molecule has 3 rings (SSSR count). The quantitative estimate of drug-likeness (QED) is 0.697. The number of hydrogen-bond donors (Lipinski definition) is 2. The highest BCUT2D eigenvalue weighted by molar-refractivity contribution is 5.90. The van der Waals surface area contributed by atoms with E-state index in [1.807, 2.05) is 0 Å². The number of hydrogen-bond acceptors (Lipinski definition) is 3. The molecule has 0 atom stereocenters. The van der Waals surface area contributed by atoms with Gasteiger partial charge in [-0.1, -0.05) is 12.1 Å². The summed E-state index contributed by atoms with van der Waals surface area (Å²) in [5.41, 5.74) is -1.51. The summed E-state index contributed by atoms with van der Waals surface area (Å²) in [5, 5.41) is 4.86. The van der Waals surface area contributed by atoms with Crippen molar-refractivity contribution in [1.82, 2.24) is 9.78 Å². The average Bonchev–Trinajstić information content (AvgIpc) is 2.64. The van der Waals surface area contributed by atoms with Gasteiger partial charge in [-0.25, -0.2) is 17.9 Å². The number of H-pyrrole nitrogens is 1. The van der Waals surface area contributed by atoms with Gasteiger partial charge in [0, 0.05) is 6.42 Å². The molecule has 26 heavy (non-hydrogen) atoms. The fraction of sp³-hybridized carbons (Fsp3) is 0.118. The van der Waals surface area contributed by atoms with Crippen LogP contribution in [0.2, 0.25) is 0 Å². The van der Waals surface area contributed by atoms with E-state index in [1.165, 1.54) is 12.1 Å². The Morgan fingerprint density at radius 2 is 1.69 bits per heavy atom. The molecule has 0 unspecified atom stereocenters. The molecule has 6 nitrogen and oxygen atoms in total. The smallest absolute Gasteiger partial charge is 0.273 e. The Labute approximate surface area is 143 Å². The lowest BCUT2D eigenvalue weighted by Gasteiger charge is -2.09. The van der Waals surface area contributed by atoms with Crippen LogP contribution >= 0.6 is 0 Å². The molecular weight excluding hydrogens is 351 g/mol. The zero-order valence-electron chi connectivity index (χ0n) is 13.2. The van der Waals surface area contributed by atoms with Crippen molar-refractivity contribution in [1.29, 1.82) is 0 Å². The Bertz CT molecular complexity index is 1120. The van der Waals surface area contributed by atoms with Crippen LogP contribution in [0, 0.1) is 17.5 Å². The van der Waals surface area contributed by atoms with Crippen LogP contribution in [0.4, 0.5) is 18.9 Å². The van der Waals surface area contributed by atoms with Crippen LogP contribution in [0.3, 0.4) is 0 Å². The monoisotopic (exact) mass is 363 g/mol. The highest BCUT2D eigenvalue weighted by Gasteiger charge is 2.15. The standard InChI is InChI=1S/C17H12F3N3O3/c18-11-5-6-12(15(20)14(11)19)21-13(24)7-8-23-17(26)10-4-2-1-3-9(10)16(25)22-23/h1-6H,7-8H2,(H,21,24)(H,22,25). The normalized spacial score (nSPS) is 10.9. The third kappa shape index (κ3) is 3.23. The van der Waals surface area contributed by atoms with Gasteiger partial charge < -0.3 is 5.32 Å². The van der Waals surface area contributed by atoms with Crippen LogP contribution in [-0.2, 0) is 11.3 Å². The zero-order chi connectivity index (χ0) is 18.8. The van der Waals surface area contributed by atoms with E-state index in [9.17, 15) is 27.6 Å². The third-order valence-electron chi connectivity index (χ3n) is 3.76. The number of rotatable bonds is 4. The summed E-state index contributed by atoms with van der Waals surface area (Å²) >= 11 is 0. The van der Waals surface area contributed by atoms with E-state index in [-0.39, 0.29) is 23.7 Å². The predicted octanol–water partition coefficient (Wildman–Crippen LogP) is 2.14. The van der Waals surface area contributed by atoms with Crippen molar-refractivity contribution in [3.05, 3.63) is 74.6 Å². The maximum Gasteiger partial charge on any atom is 0.273 e. The van der Waals surface area contributed by atoms with Crippen LogP contribution in [0.15, 0.2) is 46.0 Å². The lowest BCUT2D eigenvalue weighted by atomic mass is 10.2. The van der Waals surface area contributed by atoms with Crippen molar-refractivity contribution in [2.45, 2.75) is 13.0 Å². The molecule has 0 spiro atoms. The van der Waals surface area contributed by atoms with Gasteiger partial charge in [0.2, 0.25) is 5.91 Å². The van der Waals surface area contributed by atoms with Crippen LogP contribution in [0.1, 0.15) is 6.42 Å². The zero-order valence-corrected chi connectivity index (χ0v) is 13.2. The van der Waals surface area contributed by atoms with Gasteiger partial charge in [-0.15, -0.1) is 0 Å². The highest BCUT2D eigenvalue weighted by atomic mass is 19.2. The summed E-state index contributed by atoms with van der Waals surface area (Å²) in [6.07, 6.45) is -0.299. The molecule has 0 aliphatic rings. The van der Waals surface area contributed by atoms with Crippen molar-refractivity contribution >= 4 is 22.4 Å². The molecule has 0 aliphatic heterocycles. The molecule has 9 heteroatoms. The van der Waals surface area contributed by atoms with E-state index in [4.69, 9.17) is 0 Å². The molecule has 1 heterocycles. The van der Waals surface area contributed by atoms with E-state index in [0.29, 0.717) is 6.07 Å². The first kappa shape index (κ1) is 17.5. The SMILES string of the molecule is O=C(CCn1[nH]c(=O)c2ccccc2c1=O)Nc1ccc(F)c(F)c1F. The van der Waals surface area contributed by atoms with Crippen LogP contribution in [0.25, 0.3) is 10.8 Å². The summed E-state index contributed by atoms with van der Waals surface area (Å²) in [4.78, 5) is 36.1. The molecule has 0 radical (unpaired) electrons. The Hall–Kier alpha value is -3.36. The highest BCUT2D eigenvalue weighted by Crippen LogP contribution is 2.19. The van der Waals surface area contributed by atoms with Gasteiger partial charge in [-0.3, -0.25) is 19.5 Å². The summed E-state index contributed by atoms with van der Waals surface area (Å²) < 4.78 is 40.5. The number of amides is 1. The largest absolute Gasteiger partial charge is 0.323 e. The van der Waals surface area contributed by atoms with Crippen molar-refractivity contribution in [2.75, 3.05) is 5.32 Å². The van der Waals surface area contributed by atoms with Crippen LogP contribution < -0.4 is 16.4 Å². The molecule has 0 saturated carbocycles. The predicted molar refractivity (Wildman–Crippen MR) is 88.4 cm³/mol. The van der Waals surface area contributed by atoms with Crippen molar-refractivity contribution in [3.63, 3.8) is 0 Å². The molecule has 0 bridgehead atoms. The van der Waals surface area contributed by atoms with Gasteiger partial charge in [-0.2, -0.15) is 0 Å². The number of fused-ring (bicyclic) bond motifs is 1. The van der Waals surface area contributed by atoms with E-state index in [1.54, 1.807) is 12.1 Å². The van der Waals surface area contributed by atoms with Gasteiger partial charge in [0.05, 0.1) is 23.0 Å². The molecular formula is C17H12F3N3O3. The van der Waals surface area contributed by atoms with Gasteiger partial charge in [-0.05, 0) is 24.3 Å². The molecule has 134 valence electrons. The van der Waals surface area contributed by atoms with Crippen molar-refractivity contribution in [3.8, 4) is 0 Å². The number of anilines is 1. The van der Waals surface area contributed by atoms with Gasteiger partial charge in [0.25, 0.3) is 11.1 Å². The number of benzene rings is 2. The summed E-state index contributed by atoms with van der Waals surface area (Å²) in [6, 6.07) is 7.77. The Morgan fingerprint density at radius 1 is 1.00 bits per heavy atom. The van der Waals surface area contributed by atoms with Crippen LogP contribution in [-0.4, -0.2) is 15.7 Å². The second kappa shape index (κ2) is 6.87. The third-order valence-corrected chi connectivity index (χ3v) is 3.76. The second-order valence-electron chi connectivity index (χ2n) is 5.46. The molecule has 0 aliphatic carbocycles. The number of carbonyl (C=O) groups excluding carboxylic acids is 1. The number of aryl methyl sites for hydroxylation is 1. The minimum absolute atomic E-state index is 0.184. The van der Waals surface area contributed by atoms with E-state index in [2.05, 4.69) is 10.4 Å². The molecule has 1 amide bonds. The van der Waals surface area contributed by atoms with Gasteiger partial charge >= 0.3 is 0 Å². The lowest BCUT2D eigenvalue weighted by molar-refractivity contribution is -0.116. The first-order valence-electron chi connectivity index (χ1n) is 7.53. The molecule has 3 aromatic rings. The minimum Gasteiger partial charge on any atom is -0.323 e. The molecule has 2 N–H and O–H groups in total. The number of nitrogens with one attached hydrogen (secondary N) is 2. The van der Waals surface area contributed by atoms with Gasteiger partial charge in [0.15, 0.2) is 17.5 Å². The summed E-state index contributed by atoms with van der Waals surface area (Å²) in [6.45, 7) is -0.184. The molecule has 0 saturated heterocycles. The molecule has 2 aromatic carbocycles. The number of halogens is 3. The van der Waals surface area contributed by atoms with E-state index in [0.717, 1.165) is 10.7 Å².